The van der Waals surface area contributed by atoms with Crippen LogP contribution in [0, 0.1) is 21.0 Å². The number of hydrogen-bond acceptors (Lipinski definition) is 3. The van der Waals surface area contributed by atoms with E-state index in [2.05, 4.69) is 0 Å². The van der Waals surface area contributed by atoms with E-state index in [0.717, 1.165) is 11.1 Å². The molecule has 0 N–H and O–H groups in total. The monoisotopic (exact) mass is 602 g/mol. The SMILES string of the molecule is Cc1ccc([I+](OS(=O)(=O)c2cc(C(F)(F)F)cc(C(F)(F)F)c2)c2ccc(C)cc2)cc1. The van der Waals surface area contributed by atoms with Crippen molar-refractivity contribution in [3.05, 3.63) is 96.1 Å². The fraction of sp³-hybridized carbons (Fsp3) is 0.182. The molecule has 3 nitrogen and oxygen atoms in total. The third-order valence-electron chi connectivity index (χ3n) is 4.41. The van der Waals surface area contributed by atoms with Crippen molar-refractivity contribution in [2.45, 2.75) is 31.1 Å². The van der Waals surface area contributed by atoms with Crippen LogP contribution in [-0.2, 0) is 25.0 Å². The van der Waals surface area contributed by atoms with E-state index < -0.39 is 58.7 Å². The van der Waals surface area contributed by atoms with E-state index >= 15 is 0 Å². The molecule has 33 heavy (non-hydrogen) atoms. The zero-order valence-corrected chi connectivity index (χ0v) is 20.1. The van der Waals surface area contributed by atoms with E-state index in [-0.39, 0.29) is 18.2 Å². The Bertz CT molecular complexity index is 1160. The van der Waals surface area contributed by atoms with Crippen molar-refractivity contribution in [2.24, 2.45) is 0 Å². The maximum absolute atomic E-state index is 13.2. The van der Waals surface area contributed by atoms with Gasteiger partial charge in [0.05, 0.1) is 16.0 Å². The second-order valence-electron chi connectivity index (χ2n) is 7.10. The molecule has 0 saturated carbocycles. The average molecular weight is 602 g/mol. The molecule has 0 fully saturated rings. The van der Waals surface area contributed by atoms with Crippen LogP contribution in [0.15, 0.2) is 71.6 Å². The molecule has 0 spiro atoms. The highest BCUT2D eigenvalue weighted by Gasteiger charge is 2.42. The van der Waals surface area contributed by atoms with Gasteiger partial charge in [-0.3, -0.25) is 0 Å². The van der Waals surface area contributed by atoms with Crippen molar-refractivity contribution in [1.82, 2.24) is 0 Å². The Hall–Kier alpha value is -2.12. The van der Waals surface area contributed by atoms with Gasteiger partial charge in [-0.1, -0.05) is 35.4 Å². The molecule has 11 heteroatoms. The van der Waals surface area contributed by atoms with Crippen LogP contribution in [0.25, 0.3) is 0 Å². The Morgan fingerprint density at radius 1 is 0.667 bits per heavy atom. The Kier molecular flexibility index (Phi) is 7.16. The number of alkyl halides is 6. The molecule has 3 aromatic rings. The summed E-state index contributed by atoms with van der Waals surface area (Å²) in [4.78, 5) is -1.20. The molecule has 0 heterocycles. The van der Waals surface area contributed by atoms with E-state index in [1.807, 2.05) is 13.8 Å². The average Bonchev–Trinajstić information content (AvgIpc) is 2.72. The number of hydrogen-bond donors (Lipinski definition) is 0. The van der Waals surface area contributed by atoms with Crippen molar-refractivity contribution in [1.29, 1.82) is 0 Å². The lowest BCUT2D eigenvalue weighted by Gasteiger charge is -2.14. The number of rotatable bonds is 5. The lowest BCUT2D eigenvalue weighted by Crippen LogP contribution is -3.85. The summed E-state index contributed by atoms with van der Waals surface area (Å²) >= 11 is -3.28. The number of benzene rings is 3. The van der Waals surface area contributed by atoms with Crippen molar-refractivity contribution in [3.8, 4) is 0 Å². The molecule has 0 bridgehead atoms. The minimum absolute atomic E-state index is 0.130. The Balaban J connectivity index is 2.13. The summed E-state index contributed by atoms with van der Waals surface area (Å²) in [5.74, 6) is 0. The van der Waals surface area contributed by atoms with Gasteiger partial charge in [-0.2, -0.15) is 34.8 Å². The summed E-state index contributed by atoms with van der Waals surface area (Å²) in [6, 6.07) is 13.6. The van der Waals surface area contributed by atoms with E-state index in [1.165, 1.54) is 0 Å². The maximum Gasteiger partial charge on any atom is 0.416 e. The minimum Gasteiger partial charge on any atom is -0.190 e. The highest BCUT2D eigenvalue weighted by atomic mass is 127. The van der Waals surface area contributed by atoms with E-state index in [1.54, 1.807) is 48.5 Å². The van der Waals surface area contributed by atoms with Gasteiger partial charge in [0.25, 0.3) is 0 Å². The van der Waals surface area contributed by atoms with Gasteiger partial charge in [0.1, 0.15) is 0 Å². The molecule has 3 aromatic carbocycles. The van der Waals surface area contributed by atoms with Gasteiger partial charge < -0.3 is 0 Å². The molecule has 0 aliphatic carbocycles. The fourth-order valence-electron chi connectivity index (χ4n) is 2.68. The molecule has 0 aliphatic rings. The van der Waals surface area contributed by atoms with Crippen molar-refractivity contribution in [3.63, 3.8) is 0 Å². The molecule has 1 radical (unpaired) electrons. The molecule has 177 valence electrons. The topological polar surface area (TPSA) is 43.4 Å². The Labute approximate surface area is 194 Å². The first-order valence-corrected chi connectivity index (χ1v) is 13.7. The lowest BCUT2D eigenvalue weighted by molar-refractivity contribution is -1.03. The molecular weight excluding hydrogens is 585 g/mol. The lowest BCUT2D eigenvalue weighted by atomic mass is 10.1. The Morgan fingerprint density at radius 3 is 1.36 bits per heavy atom. The highest BCUT2D eigenvalue weighted by Crippen LogP contribution is 2.37. The van der Waals surface area contributed by atoms with Crippen LogP contribution in [0.4, 0.5) is 26.3 Å². The second-order valence-corrected chi connectivity index (χ2v) is 13.6. The van der Waals surface area contributed by atoms with Gasteiger partial charge in [-0.05, 0) is 58.8 Å². The summed E-state index contributed by atoms with van der Waals surface area (Å²) in [5, 5.41) is 0. The highest BCUT2D eigenvalue weighted by molar-refractivity contribution is 7.86. The predicted octanol–water partition coefficient (Wildman–Crippen LogP) is 3.33. The summed E-state index contributed by atoms with van der Waals surface area (Å²) in [7, 11) is -4.97. The van der Waals surface area contributed by atoms with Crippen molar-refractivity contribution < 1.29 is 57.5 Å². The summed E-state index contributed by atoms with van der Waals surface area (Å²) in [5.41, 5.74) is -1.70. The summed E-state index contributed by atoms with van der Waals surface area (Å²) < 4.78 is 112. The van der Waals surface area contributed by atoms with Crippen LogP contribution in [0.3, 0.4) is 0 Å². The first-order chi connectivity index (χ1) is 15.2. The third kappa shape index (κ3) is 6.27. The van der Waals surface area contributed by atoms with Crippen molar-refractivity contribution in [2.75, 3.05) is 0 Å². The van der Waals surface area contributed by atoms with Gasteiger partial charge in [0.2, 0.25) is 0 Å². The molecule has 0 atom stereocenters. The van der Waals surface area contributed by atoms with Crippen LogP contribution in [0.2, 0.25) is 0 Å². The van der Waals surface area contributed by atoms with Crippen LogP contribution < -0.4 is 20.2 Å². The second kappa shape index (κ2) is 9.26. The number of aryl methyl sites for hydroxylation is 2. The molecule has 0 amide bonds. The first kappa shape index (κ1) is 25.5. The fourth-order valence-corrected chi connectivity index (χ4v) is 9.64. The van der Waals surface area contributed by atoms with Gasteiger partial charge in [-0.15, -0.1) is 0 Å². The van der Waals surface area contributed by atoms with Gasteiger partial charge in [-0.25, -0.2) is 0 Å². The molecule has 0 aromatic heterocycles. The van der Waals surface area contributed by atoms with E-state index in [9.17, 15) is 34.8 Å². The maximum atomic E-state index is 13.2. The Morgan fingerprint density at radius 2 is 1.03 bits per heavy atom. The molecular formula is C22H17F6IO3S+. The smallest absolute Gasteiger partial charge is 0.190 e. The molecule has 3 rings (SSSR count). The molecule has 0 unspecified atom stereocenters. The standard InChI is InChI=1S/C22H17F6IO3S/c1-14-3-7-18(8-4-14)29(19-9-5-15(2)6-10-19)32-33(30,31)20-12-16(21(23,24)25)11-17(13-20)22(26,27)28/h3-13H,1-2H3/q+1. The first-order valence-electron chi connectivity index (χ1n) is 9.25. The third-order valence-corrected chi connectivity index (χ3v) is 11.7. The molecule has 0 aliphatic heterocycles. The van der Waals surface area contributed by atoms with Crippen molar-refractivity contribution >= 4 is 10.1 Å². The zero-order chi connectivity index (χ0) is 24.6. The minimum atomic E-state index is -5.18. The predicted molar refractivity (Wildman–Crippen MR) is 104 cm³/mol. The zero-order valence-electron chi connectivity index (χ0n) is 17.1. The van der Waals surface area contributed by atoms with Gasteiger partial charge in [0, 0.05) is 0 Å². The molecule has 0 saturated heterocycles. The van der Waals surface area contributed by atoms with Crippen LogP contribution in [0.1, 0.15) is 22.3 Å². The normalized spacial score (nSPS) is 12.9. The quantitative estimate of drug-likeness (QED) is 0.333. The van der Waals surface area contributed by atoms with E-state index in [4.69, 9.17) is 2.51 Å². The van der Waals surface area contributed by atoms with Crippen LogP contribution >= 0.6 is 0 Å². The van der Waals surface area contributed by atoms with E-state index in [0.29, 0.717) is 7.14 Å². The summed E-state index contributed by atoms with van der Waals surface area (Å²) in [6.45, 7) is 3.63. The van der Waals surface area contributed by atoms with Gasteiger partial charge >= 0.3 is 42.7 Å². The largest absolute Gasteiger partial charge is 0.416 e. The summed E-state index contributed by atoms with van der Waals surface area (Å²) in [6.07, 6.45) is -10.4. The van der Waals surface area contributed by atoms with Crippen LogP contribution in [0.5, 0.6) is 0 Å². The van der Waals surface area contributed by atoms with Crippen LogP contribution in [-0.4, -0.2) is 8.42 Å². The van der Waals surface area contributed by atoms with Gasteiger partial charge in [0.15, 0.2) is 7.14 Å². The number of halogens is 7.